The van der Waals surface area contributed by atoms with Crippen LogP contribution in [0.2, 0.25) is 0 Å². The molecule has 0 spiro atoms. The third-order valence-corrected chi connectivity index (χ3v) is 4.48. The van der Waals surface area contributed by atoms with Crippen molar-refractivity contribution in [1.82, 2.24) is 5.43 Å². The molecule has 2 N–H and O–H groups in total. The van der Waals surface area contributed by atoms with E-state index >= 15 is 0 Å². The van der Waals surface area contributed by atoms with Gasteiger partial charge < -0.3 is 9.84 Å². The third kappa shape index (κ3) is 4.03. The summed E-state index contributed by atoms with van der Waals surface area (Å²) in [7, 11) is 0. The Hall–Kier alpha value is -2.86. The fourth-order valence-corrected chi connectivity index (χ4v) is 2.83. The molecule has 0 aliphatic heterocycles. The number of para-hydroxylation sites is 1. The van der Waals surface area contributed by atoms with Crippen LogP contribution in [-0.4, -0.2) is 23.3 Å². The molecule has 0 aliphatic rings. The van der Waals surface area contributed by atoms with Crippen molar-refractivity contribution < 1.29 is 14.6 Å². The van der Waals surface area contributed by atoms with Gasteiger partial charge >= 0.3 is 0 Å². The quantitative estimate of drug-likeness (QED) is 0.486. The molecule has 6 heteroatoms. The van der Waals surface area contributed by atoms with Crippen LogP contribution in [0.4, 0.5) is 0 Å². The molecule has 132 valence electrons. The van der Waals surface area contributed by atoms with Crippen LogP contribution in [0, 0.1) is 0 Å². The number of fused-ring (bicyclic) bond motifs is 1. The zero-order valence-electron chi connectivity index (χ0n) is 14.0. The second kappa shape index (κ2) is 8.01. The first-order valence-corrected chi connectivity index (χ1v) is 8.80. The average molecular weight is 413 g/mol. The van der Waals surface area contributed by atoms with Crippen LogP contribution in [-0.2, 0) is 4.79 Å². The van der Waals surface area contributed by atoms with Crippen LogP contribution in [0.1, 0.15) is 12.5 Å². The molecular formula is C20H17BrN2O3. The van der Waals surface area contributed by atoms with Crippen LogP contribution in [0.3, 0.4) is 0 Å². The van der Waals surface area contributed by atoms with Crippen LogP contribution in [0.25, 0.3) is 10.8 Å². The highest BCUT2D eigenvalue weighted by molar-refractivity contribution is 9.10. The van der Waals surface area contributed by atoms with Crippen molar-refractivity contribution in [2.24, 2.45) is 5.10 Å². The fraction of sp³-hybridized carbons (Fsp3) is 0.100. The topological polar surface area (TPSA) is 70.9 Å². The predicted molar refractivity (Wildman–Crippen MR) is 106 cm³/mol. The molecule has 1 unspecified atom stereocenters. The van der Waals surface area contributed by atoms with Gasteiger partial charge in [0.15, 0.2) is 6.10 Å². The van der Waals surface area contributed by atoms with E-state index in [4.69, 9.17) is 4.74 Å². The minimum Gasteiger partial charge on any atom is -0.507 e. The van der Waals surface area contributed by atoms with E-state index in [0.717, 1.165) is 15.2 Å². The molecule has 0 fully saturated rings. The third-order valence-electron chi connectivity index (χ3n) is 3.83. The number of rotatable bonds is 5. The Morgan fingerprint density at radius 3 is 2.69 bits per heavy atom. The molecule has 0 heterocycles. The SMILES string of the molecule is CC(Oc1ccccc1Br)C(=O)NN=Cc1c(O)ccc2ccccc12. The summed E-state index contributed by atoms with van der Waals surface area (Å²) in [5.74, 6) is 0.279. The van der Waals surface area contributed by atoms with Gasteiger partial charge in [0.25, 0.3) is 5.91 Å². The molecule has 0 saturated heterocycles. The molecule has 3 rings (SSSR count). The summed E-state index contributed by atoms with van der Waals surface area (Å²) in [6.07, 6.45) is 0.702. The first kappa shape index (κ1) is 17.9. The molecule has 1 atom stereocenters. The van der Waals surface area contributed by atoms with Gasteiger partial charge in [0.1, 0.15) is 11.5 Å². The number of halogens is 1. The molecule has 0 aliphatic carbocycles. The highest BCUT2D eigenvalue weighted by Crippen LogP contribution is 2.26. The van der Waals surface area contributed by atoms with Gasteiger partial charge in [0, 0.05) is 5.56 Å². The summed E-state index contributed by atoms with van der Waals surface area (Å²) < 4.78 is 6.39. The second-order valence-electron chi connectivity index (χ2n) is 5.64. The molecule has 26 heavy (non-hydrogen) atoms. The van der Waals surface area contributed by atoms with Crippen LogP contribution >= 0.6 is 15.9 Å². The number of carbonyl (C=O) groups excluding carboxylic acids is 1. The van der Waals surface area contributed by atoms with Crippen molar-refractivity contribution in [3.8, 4) is 11.5 Å². The van der Waals surface area contributed by atoms with Gasteiger partial charge in [-0.2, -0.15) is 5.10 Å². The summed E-state index contributed by atoms with van der Waals surface area (Å²) in [6, 6.07) is 18.4. The number of nitrogens with one attached hydrogen (secondary N) is 1. The van der Waals surface area contributed by atoms with Crippen LogP contribution in [0.15, 0.2) is 70.2 Å². The van der Waals surface area contributed by atoms with Gasteiger partial charge in [-0.3, -0.25) is 4.79 Å². The minimum atomic E-state index is -0.730. The molecular weight excluding hydrogens is 396 g/mol. The maximum absolute atomic E-state index is 12.2. The number of nitrogens with zero attached hydrogens (tertiary/aromatic N) is 1. The maximum atomic E-state index is 12.2. The van der Waals surface area contributed by atoms with Crippen molar-refractivity contribution >= 4 is 38.8 Å². The number of hydrogen-bond donors (Lipinski definition) is 2. The zero-order valence-corrected chi connectivity index (χ0v) is 15.6. The first-order chi connectivity index (χ1) is 12.6. The summed E-state index contributed by atoms with van der Waals surface area (Å²) in [5.41, 5.74) is 2.99. The molecule has 0 radical (unpaired) electrons. The van der Waals surface area contributed by atoms with Crippen molar-refractivity contribution in [3.05, 3.63) is 70.7 Å². The molecule has 1 amide bonds. The van der Waals surface area contributed by atoms with Crippen molar-refractivity contribution in [1.29, 1.82) is 0 Å². The minimum absolute atomic E-state index is 0.0965. The van der Waals surface area contributed by atoms with E-state index in [1.807, 2.05) is 48.5 Å². The van der Waals surface area contributed by atoms with E-state index in [-0.39, 0.29) is 5.75 Å². The maximum Gasteiger partial charge on any atom is 0.280 e. The van der Waals surface area contributed by atoms with Crippen LogP contribution < -0.4 is 10.2 Å². The number of ether oxygens (including phenoxy) is 1. The number of phenolic OH excluding ortho intramolecular Hbond substituents is 1. The molecule has 5 nitrogen and oxygen atoms in total. The van der Waals surface area contributed by atoms with E-state index in [0.29, 0.717) is 11.3 Å². The number of aromatic hydroxyl groups is 1. The van der Waals surface area contributed by atoms with Gasteiger partial charge in [-0.25, -0.2) is 5.43 Å². The van der Waals surface area contributed by atoms with Gasteiger partial charge in [0.05, 0.1) is 10.7 Å². The number of carbonyl (C=O) groups is 1. The molecule has 0 bridgehead atoms. The molecule has 3 aromatic rings. The standard InChI is InChI=1S/C20H17BrN2O3/c1-13(26-19-9-5-4-8-17(19)21)20(25)23-22-12-16-15-7-3-2-6-14(15)10-11-18(16)24/h2-13,24H,1H3,(H,23,25). The lowest BCUT2D eigenvalue weighted by Crippen LogP contribution is -2.33. The lowest BCUT2D eigenvalue weighted by Gasteiger charge is -2.14. The van der Waals surface area contributed by atoms with Gasteiger partial charge in [-0.15, -0.1) is 0 Å². The van der Waals surface area contributed by atoms with Crippen molar-refractivity contribution in [2.45, 2.75) is 13.0 Å². The second-order valence-corrected chi connectivity index (χ2v) is 6.50. The van der Waals surface area contributed by atoms with Crippen LogP contribution in [0.5, 0.6) is 11.5 Å². The molecule has 3 aromatic carbocycles. The van der Waals surface area contributed by atoms with E-state index in [1.165, 1.54) is 6.21 Å². The highest BCUT2D eigenvalue weighted by Gasteiger charge is 2.15. The van der Waals surface area contributed by atoms with E-state index in [2.05, 4.69) is 26.5 Å². The van der Waals surface area contributed by atoms with E-state index < -0.39 is 12.0 Å². The Balaban J connectivity index is 1.70. The Bertz CT molecular complexity index is 972. The monoisotopic (exact) mass is 412 g/mol. The number of benzene rings is 3. The summed E-state index contributed by atoms with van der Waals surface area (Å²) in [5, 5.41) is 15.9. The Kier molecular flexibility index (Phi) is 5.53. The van der Waals surface area contributed by atoms with Crippen molar-refractivity contribution in [2.75, 3.05) is 0 Å². The lowest BCUT2D eigenvalue weighted by atomic mass is 10.0. The summed E-state index contributed by atoms with van der Waals surface area (Å²) in [6.45, 7) is 1.64. The van der Waals surface area contributed by atoms with Gasteiger partial charge in [-0.1, -0.05) is 42.5 Å². The number of hydrazone groups is 1. The summed E-state index contributed by atoms with van der Waals surface area (Å²) in [4.78, 5) is 12.2. The van der Waals surface area contributed by atoms with Gasteiger partial charge in [0.2, 0.25) is 0 Å². The number of amides is 1. The summed E-state index contributed by atoms with van der Waals surface area (Å²) >= 11 is 3.37. The molecule has 0 aromatic heterocycles. The van der Waals surface area contributed by atoms with E-state index in [1.54, 1.807) is 19.1 Å². The average Bonchev–Trinajstić information content (AvgIpc) is 2.65. The number of hydrogen-bond acceptors (Lipinski definition) is 4. The zero-order chi connectivity index (χ0) is 18.5. The lowest BCUT2D eigenvalue weighted by molar-refractivity contribution is -0.127. The fourth-order valence-electron chi connectivity index (χ4n) is 2.46. The predicted octanol–water partition coefficient (Wildman–Crippen LogP) is 4.23. The first-order valence-electron chi connectivity index (χ1n) is 8.01. The normalized spacial score (nSPS) is 12.2. The highest BCUT2D eigenvalue weighted by atomic mass is 79.9. The largest absolute Gasteiger partial charge is 0.507 e. The Morgan fingerprint density at radius 1 is 1.15 bits per heavy atom. The number of phenols is 1. The van der Waals surface area contributed by atoms with E-state index in [9.17, 15) is 9.90 Å². The smallest absolute Gasteiger partial charge is 0.280 e. The molecule has 0 saturated carbocycles. The Morgan fingerprint density at radius 2 is 1.88 bits per heavy atom. The van der Waals surface area contributed by atoms with Gasteiger partial charge in [-0.05, 0) is 51.8 Å². The van der Waals surface area contributed by atoms with Crippen molar-refractivity contribution in [3.63, 3.8) is 0 Å². The Labute approximate surface area is 159 Å².